The van der Waals surface area contributed by atoms with E-state index < -0.39 is 12.0 Å². The first-order chi connectivity index (χ1) is 17.3. The Balaban J connectivity index is 2.00. The van der Waals surface area contributed by atoms with Gasteiger partial charge in [-0.25, -0.2) is 9.79 Å². The van der Waals surface area contributed by atoms with Gasteiger partial charge >= 0.3 is 5.97 Å². The fraction of sp³-hybridized carbons (Fsp3) is 0.269. The zero-order valence-electron chi connectivity index (χ0n) is 20.5. The number of halogens is 1. The van der Waals surface area contributed by atoms with Gasteiger partial charge in [-0.05, 0) is 55.3 Å². The average molecular weight is 573 g/mol. The van der Waals surface area contributed by atoms with Crippen molar-refractivity contribution in [2.45, 2.75) is 19.9 Å². The Morgan fingerprint density at radius 3 is 2.53 bits per heavy atom. The molecule has 2 aromatic carbocycles. The van der Waals surface area contributed by atoms with Gasteiger partial charge in [-0.2, -0.15) is 0 Å². The van der Waals surface area contributed by atoms with Gasteiger partial charge in [0.2, 0.25) is 0 Å². The van der Waals surface area contributed by atoms with E-state index in [1.165, 1.54) is 23.0 Å². The number of carbonyl (C=O) groups is 1. The van der Waals surface area contributed by atoms with Crippen molar-refractivity contribution in [1.82, 2.24) is 4.57 Å². The fourth-order valence-electron chi connectivity index (χ4n) is 4.05. The summed E-state index contributed by atoms with van der Waals surface area (Å²) in [6.45, 7) is 3.67. The number of nitrogens with zero attached hydrogens (tertiary/aromatic N) is 2. The summed E-state index contributed by atoms with van der Waals surface area (Å²) >= 11 is 4.85. The summed E-state index contributed by atoms with van der Waals surface area (Å²) in [6, 6.07) is 10.1. The maximum Gasteiger partial charge on any atom is 0.338 e. The minimum atomic E-state index is -0.790. The highest BCUT2D eigenvalue weighted by atomic mass is 79.9. The van der Waals surface area contributed by atoms with Gasteiger partial charge in [0.05, 0.1) is 49.8 Å². The van der Waals surface area contributed by atoms with Crippen LogP contribution in [0.3, 0.4) is 0 Å². The minimum absolute atomic E-state index is 0.190. The quantitative estimate of drug-likeness (QED) is 0.402. The lowest BCUT2D eigenvalue weighted by atomic mass is 9.95. The molecular weight excluding hydrogens is 548 g/mol. The summed E-state index contributed by atoms with van der Waals surface area (Å²) in [4.78, 5) is 32.0. The number of carbonyl (C=O) groups excluding carboxylic acids is 1. The second kappa shape index (κ2) is 10.7. The van der Waals surface area contributed by atoms with E-state index in [2.05, 4.69) is 20.9 Å². The van der Waals surface area contributed by atoms with Crippen LogP contribution in [0.15, 0.2) is 61.9 Å². The molecule has 1 aliphatic rings. The van der Waals surface area contributed by atoms with Crippen molar-refractivity contribution in [3.63, 3.8) is 0 Å². The highest BCUT2D eigenvalue weighted by Crippen LogP contribution is 2.40. The predicted octanol–water partition coefficient (Wildman–Crippen LogP) is 3.59. The zero-order valence-corrected chi connectivity index (χ0v) is 22.9. The fourth-order valence-corrected chi connectivity index (χ4v) is 5.63. The summed E-state index contributed by atoms with van der Waals surface area (Å²) in [5.41, 5.74) is 1.94. The molecule has 0 saturated carbocycles. The Labute approximate surface area is 220 Å². The van der Waals surface area contributed by atoms with E-state index in [9.17, 15) is 9.59 Å². The SMILES string of the molecule is CCOC(=O)C1=C(C)N=c2s/c(=C/c3cccc(OC)c3)c(=O)n2[C@H]1c1cc(OC)c(OC)cc1Br. The number of thiazole rings is 1. The van der Waals surface area contributed by atoms with Crippen LogP contribution >= 0.6 is 27.3 Å². The largest absolute Gasteiger partial charge is 0.497 e. The van der Waals surface area contributed by atoms with Crippen molar-refractivity contribution < 1.29 is 23.7 Å². The molecule has 1 aromatic heterocycles. The molecule has 0 saturated heterocycles. The van der Waals surface area contributed by atoms with Crippen LogP contribution in [-0.4, -0.2) is 38.5 Å². The van der Waals surface area contributed by atoms with Crippen LogP contribution in [0.25, 0.3) is 6.08 Å². The molecule has 36 heavy (non-hydrogen) atoms. The van der Waals surface area contributed by atoms with E-state index in [4.69, 9.17) is 18.9 Å². The molecule has 0 N–H and O–H groups in total. The number of methoxy groups -OCH3 is 3. The third-order valence-corrected chi connectivity index (χ3v) is 7.38. The molecule has 0 amide bonds. The van der Waals surface area contributed by atoms with E-state index in [0.717, 1.165) is 5.56 Å². The smallest absolute Gasteiger partial charge is 0.338 e. The first-order valence-corrected chi connectivity index (χ1v) is 12.7. The predicted molar refractivity (Wildman–Crippen MR) is 141 cm³/mol. The van der Waals surface area contributed by atoms with Crippen molar-refractivity contribution in [3.05, 3.63) is 83.0 Å². The van der Waals surface area contributed by atoms with Gasteiger partial charge in [-0.3, -0.25) is 9.36 Å². The van der Waals surface area contributed by atoms with Gasteiger partial charge in [0, 0.05) is 4.47 Å². The van der Waals surface area contributed by atoms with Crippen LogP contribution in [0.1, 0.15) is 31.0 Å². The molecule has 0 unspecified atom stereocenters. The van der Waals surface area contributed by atoms with E-state index in [1.54, 1.807) is 46.3 Å². The third-order valence-electron chi connectivity index (χ3n) is 5.71. The summed E-state index contributed by atoms with van der Waals surface area (Å²) in [5, 5.41) is 0. The number of rotatable bonds is 7. The molecular formula is C26H25BrN2O6S. The Bertz CT molecular complexity index is 1540. The number of fused-ring (bicyclic) bond motifs is 1. The number of hydrogen-bond donors (Lipinski definition) is 0. The molecule has 1 aliphatic heterocycles. The van der Waals surface area contributed by atoms with Gasteiger partial charge < -0.3 is 18.9 Å². The molecule has 0 aliphatic carbocycles. The lowest BCUT2D eigenvalue weighted by Crippen LogP contribution is -2.40. The second-order valence-electron chi connectivity index (χ2n) is 7.81. The summed E-state index contributed by atoms with van der Waals surface area (Å²) < 4.78 is 24.2. The average Bonchev–Trinajstić information content (AvgIpc) is 3.17. The molecule has 8 nitrogen and oxygen atoms in total. The third kappa shape index (κ3) is 4.70. The van der Waals surface area contributed by atoms with Crippen molar-refractivity contribution in [2.24, 2.45) is 4.99 Å². The summed E-state index contributed by atoms with van der Waals surface area (Å²) in [6.07, 6.45) is 1.79. The van der Waals surface area contributed by atoms with Crippen molar-refractivity contribution in [2.75, 3.05) is 27.9 Å². The molecule has 188 valence electrons. The number of ether oxygens (including phenoxy) is 4. The molecule has 0 spiro atoms. The van der Waals surface area contributed by atoms with Crippen LogP contribution < -0.4 is 29.1 Å². The highest BCUT2D eigenvalue weighted by molar-refractivity contribution is 9.10. The standard InChI is InChI=1S/C26H25BrN2O6S/c1-6-35-25(31)22-14(2)28-26-29(23(22)17-12-19(33-4)20(34-5)13-18(17)27)24(30)21(36-26)11-15-8-7-9-16(10-15)32-3/h7-13,23H,6H2,1-5H3/b21-11+/t23-/m0/s1. The summed E-state index contributed by atoms with van der Waals surface area (Å²) in [5.74, 6) is 1.13. The Hall–Kier alpha value is -3.37. The van der Waals surface area contributed by atoms with Crippen molar-refractivity contribution in [1.29, 1.82) is 0 Å². The molecule has 0 radical (unpaired) electrons. The van der Waals surface area contributed by atoms with Gasteiger partial charge in [0.15, 0.2) is 16.3 Å². The van der Waals surface area contributed by atoms with E-state index in [-0.39, 0.29) is 17.7 Å². The Morgan fingerprint density at radius 1 is 1.14 bits per heavy atom. The van der Waals surface area contributed by atoms with Gasteiger partial charge in [-0.15, -0.1) is 0 Å². The second-order valence-corrected chi connectivity index (χ2v) is 9.67. The Morgan fingerprint density at radius 2 is 1.86 bits per heavy atom. The van der Waals surface area contributed by atoms with Crippen molar-refractivity contribution >= 4 is 39.3 Å². The van der Waals surface area contributed by atoms with Crippen LogP contribution in [0.5, 0.6) is 17.2 Å². The maximum atomic E-state index is 13.8. The topological polar surface area (TPSA) is 88.4 Å². The number of benzene rings is 2. The van der Waals surface area contributed by atoms with Gasteiger partial charge in [0.25, 0.3) is 5.56 Å². The molecule has 4 rings (SSSR count). The number of esters is 1. The first-order valence-electron chi connectivity index (χ1n) is 11.1. The van der Waals surface area contributed by atoms with Gasteiger partial charge in [0.1, 0.15) is 5.75 Å². The Kier molecular flexibility index (Phi) is 7.65. The molecule has 3 aromatic rings. The normalized spacial score (nSPS) is 15.3. The molecule has 0 bridgehead atoms. The minimum Gasteiger partial charge on any atom is -0.497 e. The molecule has 10 heteroatoms. The molecule has 2 heterocycles. The van der Waals surface area contributed by atoms with E-state index in [1.807, 2.05) is 24.3 Å². The molecule has 1 atom stereocenters. The van der Waals surface area contributed by atoms with Crippen LogP contribution in [0, 0.1) is 0 Å². The lowest BCUT2D eigenvalue weighted by molar-refractivity contribution is -0.139. The van der Waals surface area contributed by atoms with E-state index >= 15 is 0 Å². The van der Waals surface area contributed by atoms with Crippen LogP contribution in [0.4, 0.5) is 0 Å². The highest BCUT2D eigenvalue weighted by Gasteiger charge is 2.35. The van der Waals surface area contributed by atoms with E-state index in [0.29, 0.717) is 42.3 Å². The van der Waals surface area contributed by atoms with Gasteiger partial charge in [-0.1, -0.05) is 39.4 Å². The van der Waals surface area contributed by atoms with Crippen LogP contribution in [0.2, 0.25) is 0 Å². The number of aromatic nitrogens is 1. The van der Waals surface area contributed by atoms with Crippen LogP contribution in [-0.2, 0) is 9.53 Å². The number of hydrogen-bond acceptors (Lipinski definition) is 8. The molecule has 0 fully saturated rings. The summed E-state index contributed by atoms with van der Waals surface area (Å²) in [7, 11) is 4.66. The monoisotopic (exact) mass is 572 g/mol. The zero-order chi connectivity index (χ0) is 26.0. The first kappa shape index (κ1) is 25.7. The lowest BCUT2D eigenvalue weighted by Gasteiger charge is -2.26. The van der Waals surface area contributed by atoms with Crippen molar-refractivity contribution in [3.8, 4) is 17.2 Å². The number of allylic oxidation sites excluding steroid dienone is 1. The maximum absolute atomic E-state index is 13.8.